The summed E-state index contributed by atoms with van der Waals surface area (Å²) in [6.45, 7) is 0.670. The molecule has 3 rings (SSSR count). The zero-order valence-corrected chi connectivity index (χ0v) is 9.90. The van der Waals surface area contributed by atoms with E-state index in [-0.39, 0.29) is 0 Å². The van der Waals surface area contributed by atoms with Crippen LogP contribution in [0.5, 0.6) is 0 Å². The van der Waals surface area contributed by atoms with Crippen molar-refractivity contribution >= 4 is 5.91 Å². The van der Waals surface area contributed by atoms with Crippen LogP contribution in [-0.4, -0.2) is 29.4 Å². The molecule has 3 nitrogen and oxygen atoms in total. The third-order valence-electron chi connectivity index (χ3n) is 4.72. The van der Waals surface area contributed by atoms with Gasteiger partial charge in [-0.25, -0.2) is 0 Å². The van der Waals surface area contributed by atoms with Gasteiger partial charge in [0.15, 0.2) is 0 Å². The van der Waals surface area contributed by atoms with Crippen LogP contribution in [0.15, 0.2) is 0 Å². The van der Waals surface area contributed by atoms with E-state index in [1.54, 1.807) is 0 Å². The number of nitrogens with zero attached hydrogens (tertiary/aromatic N) is 1. The topological polar surface area (TPSA) is 46.3 Å². The van der Waals surface area contributed by atoms with E-state index in [0.717, 1.165) is 6.42 Å². The number of carbonyl (C=O) groups is 1. The van der Waals surface area contributed by atoms with Gasteiger partial charge in [0.2, 0.25) is 5.91 Å². The highest BCUT2D eigenvalue weighted by Crippen LogP contribution is 2.51. The summed E-state index contributed by atoms with van der Waals surface area (Å²) in [6.07, 6.45) is 8.81. The molecular weight excluding hydrogens is 200 g/mol. The van der Waals surface area contributed by atoms with E-state index in [1.165, 1.54) is 38.5 Å². The molecule has 0 aromatic carbocycles. The maximum atomic E-state index is 12.2. The Morgan fingerprint density at radius 2 is 1.88 bits per heavy atom. The Morgan fingerprint density at radius 1 is 1.19 bits per heavy atom. The summed E-state index contributed by atoms with van der Waals surface area (Å²) in [4.78, 5) is 14.4. The molecule has 3 atom stereocenters. The standard InChI is InChI=1S/C13H22N2O/c14-8-12-10-7-11(10)13(16)15(12)9-5-3-1-2-4-6-9/h9-12H,1-8,14H2. The molecule has 16 heavy (non-hydrogen) atoms. The van der Waals surface area contributed by atoms with Crippen LogP contribution >= 0.6 is 0 Å². The molecule has 3 heteroatoms. The third-order valence-corrected chi connectivity index (χ3v) is 4.72. The number of fused-ring (bicyclic) bond motifs is 1. The van der Waals surface area contributed by atoms with E-state index in [4.69, 9.17) is 5.73 Å². The Labute approximate surface area is 97.4 Å². The number of piperidine rings is 1. The first-order valence-electron chi connectivity index (χ1n) is 6.85. The normalized spacial score (nSPS) is 39.7. The molecule has 1 heterocycles. The van der Waals surface area contributed by atoms with Crippen LogP contribution in [0, 0.1) is 11.8 Å². The zero-order valence-electron chi connectivity index (χ0n) is 9.90. The van der Waals surface area contributed by atoms with Gasteiger partial charge in [0, 0.05) is 24.5 Å². The number of likely N-dealkylation sites (tertiary alicyclic amines) is 1. The second-order valence-electron chi connectivity index (χ2n) is 5.70. The molecule has 1 aliphatic heterocycles. The first-order chi connectivity index (χ1) is 7.83. The van der Waals surface area contributed by atoms with Crippen molar-refractivity contribution in [3.05, 3.63) is 0 Å². The molecule has 1 amide bonds. The van der Waals surface area contributed by atoms with Gasteiger partial charge in [-0.15, -0.1) is 0 Å². The van der Waals surface area contributed by atoms with Gasteiger partial charge in [0.05, 0.1) is 0 Å². The number of rotatable bonds is 2. The minimum absolute atomic E-state index is 0.358. The molecule has 2 saturated carbocycles. The van der Waals surface area contributed by atoms with Gasteiger partial charge in [-0.2, -0.15) is 0 Å². The van der Waals surface area contributed by atoms with Crippen molar-refractivity contribution in [2.45, 2.75) is 57.0 Å². The maximum absolute atomic E-state index is 12.2. The van der Waals surface area contributed by atoms with Crippen molar-refractivity contribution in [1.29, 1.82) is 0 Å². The van der Waals surface area contributed by atoms with E-state index >= 15 is 0 Å². The Balaban J connectivity index is 1.74. The van der Waals surface area contributed by atoms with Gasteiger partial charge in [0.1, 0.15) is 0 Å². The smallest absolute Gasteiger partial charge is 0.226 e. The summed E-state index contributed by atoms with van der Waals surface area (Å²) in [7, 11) is 0. The largest absolute Gasteiger partial charge is 0.335 e. The van der Waals surface area contributed by atoms with Crippen molar-refractivity contribution < 1.29 is 4.79 Å². The Bertz CT molecular complexity index is 284. The Kier molecular flexibility index (Phi) is 2.66. The SMILES string of the molecule is NCC1C2CC2C(=O)N1C1CCCCCC1. The molecule has 0 aromatic heterocycles. The van der Waals surface area contributed by atoms with Crippen molar-refractivity contribution in [3.8, 4) is 0 Å². The van der Waals surface area contributed by atoms with Crippen molar-refractivity contribution in [1.82, 2.24) is 4.90 Å². The fraction of sp³-hybridized carbons (Fsp3) is 0.923. The molecule has 2 N–H and O–H groups in total. The molecule has 90 valence electrons. The van der Waals surface area contributed by atoms with Gasteiger partial charge >= 0.3 is 0 Å². The second-order valence-corrected chi connectivity index (χ2v) is 5.70. The summed E-state index contributed by atoms with van der Waals surface area (Å²) in [5.41, 5.74) is 5.86. The predicted octanol–water partition coefficient (Wildman–Crippen LogP) is 1.51. The van der Waals surface area contributed by atoms with Crippen LogP contribution in [0.1, 0.15) is 44.9 Å². The highest BCUT2D eigenvalue weighted by atomic mass is 16.2. The highest BCUT2D eigenvalue weighted by Gasteiger charge is 2.59. The predicted molar refractivity (Wildman–Crippen MR) is 62.8 cm³/mol. The van der Waals surface area contributed by atoms with Crippen molar-refractivity contribution in [2.75, 3.05) is 6.54 Å². The minimum Gasteiger partial charge on any atom is -0.335 e. The lowest BCUT2D eigenvalue weighted by Crippen LogP contribution is -2.47. The number of carbonyl (C=O) groups excluding carboxylic acids is 1. The monoisotopic (exact) mass is 222 g/mol. The van der Waals surface area contributed by atoms with Crippen LogP contribution < -0.4 is 5.73 Å². The number of amides is 1. The average molecular weight is 222 g/mol. The molecule has 3 fully saturated rings. The summed E-state index contributed by atoms with van der Waals surface area (Å²) in [5, 5.41) is 0. The van der Waals surface area contributed by atoms with Crippen molar-refractivity contribution in [2.24, 2.45) is 17.6 Å². The van der Waals surface area contributed by atoms with Gasteiger partial charge in [0.25, 0.3) is 0 Å². The summed E-state index contributed by atoms with van der Waals surface area (Å²) < 4.78 is 0. The third kappa shape index (κ3) is 1.56. The molecular formula is C13H22N2O. The lowest BCUT2D eigenvalue weighted by Gasteiger charge is -2.34. The summed E-state index contributed by atoms with van der Waals surface area (Å²) >= 11 is 0. The highest BCUT2D eigenvalue weighted by molar-refractivity contribution is 5.85. The van der Waals surface area contributed by atoms with E-state index in [2.05, 4.69) is 4.90 Å². The molecule has 3 unspecified atom stereocenters. The first kappa shape index (κ1) is 10.6. The van der Waals surface area contributed by atoms with Gasteiger partial charge in [-0.3, -0.25) is 4.79 Å². The van der Waals surface area contributed by atoms with E-state index in [9.17, 15) is 4.79 Å². The molecule has 2 aliphatic carbocycles. The molecule has 1 saturated heterocycles. The number of hydrogen-bond donors (Lipinski definition) is 1. The molecule has 0 radical (unpaired) electrons. The van der Waals surface area contributed by atoms with E-state index in [0.29, 0.717) is 36.4 Å². The van der Waals surface area contributed by atoms with Crippen molar-refractivity contribution in [3.63, 3.8) is 0 Å². The van der Waals surface area contributed by atoms with Crippen LogP contribution in [0.2, 0.25) is 0 Å². The fourth-order valence-electron chi connectivity index (χ4n) is 3.76. The van der Waals surface area contributed by atoms with Gasteiger partial charge < -0.3 is 10.6 Å². The van der Waals surface area contributed by atoms with Gasteiger partial charge in [-0.05, 0) is 25.2 Å². The lowest BCUT2D eigenvalue weighted by atomic mass is 10.0. The van der Waals surface area contributed by atoms with Crippen LogP contribution in [0.4, 0.5) is 0 Å². The molecule has 0 bridgehead atoms. The van der Waals surface area contributed by atoms with Crippen LogP contribution in [0.3, 0.4) is 0 Å². The molecule has 3 aliphatic rings. The first-order valence-corrected chi connectivity index (χ1v) is 6.85. The fourth-order valence-corrected chi connectivity index (χ4v) is 3.76. The number of nitrogens with two attached hydrogens (primary N) is 1. The average Bonchev–Trinajstić information content (AvgIpc) is 3.05. The number of hydrogen-bond acceptors (Lipinski definition) is 2. The Morgan fingerprint density at radius 3 is 2.50 bits per heavy atom. The molecule has 0 aromatic rings. The minimum atomic E-state index is 0.358. The zero-order chi connectivity index (χ0) is 11.1. The molecule has 0 spiro atoms. The maximum Gasteiger partial charge on any atom is 0.226 e. The lowest BCUT2D eigenvalue weighted by molar-refractivity contribution is -0.134. The van der Waals surface area contributed by atoms with E-state index < -0.39 is 0 Å². The van der Waals surface area contributed by atoms with Crippen LogP contribution in [-0.2, 0) is 4.79 Å². The quantitative estimate of drug-likeness (QED) is 0.720. The summed E-state index contributed by atoms with van der Waals surface area (Å²) in [5.74, 6) is 1.39. The van der Waals surface area contributed by atoms with Gasteiger partial charge in [-0.1, -0.05) is 25.7 Å². The summed E-state index contributed by atoms with van der Waals surface area (Å²) in [6, 6.07) is 0.886. The second kappa shape index (κ2) is 4.02. The van der Waals surface area contributed by atoms with Crippen LogP contribution in [0.25, 0.3) is 0 Å². The Hall–Kier alpha value is -0.570. The van der Waals surface area contributed by atoms with E-state index in [1.807, 2.05) is 0 Å².